The fourth-order valence-electron chi connectivity index (χ4n) is 3.10. The van der Waals surface area contributed by atoms with Gasteiger partial charge in [-0.05, 0) is 31.6 Å². The largest absolute Gasteiger partial charge is 0.381 e. The van der Waals surface area contributed by atoms with Crippen LogP contribution >= 0.6 is 0 Å². The average Bonchev–Trinajstić information content (AvgIpc) is 3.11. The van der Waals surface area contributed by atoms with Crippen LogP contribution in [0.1, 0.15) is 29.2 Å². The van der Waals surface area contributed by atoms with Crippen LogP contribution in [0.15, 0.2) is 36.7 Å². The third-order valence-electron chi connectivity index (χ3n) is 4.43. The lowest BCUT2D eigenvalue weighted by Crippen LogP contribution is -2.21. The zero-order valence-electron chi connectivity index (χ0n) is 14.8. The molecule has 0 saturated carbocycles. The van der Waals surface area contributed by atoms with E-state index in [0.29, 0.717) is 5.92 Å². The summed E-state index contributed by atoms with van der Waals surface area (Å²) in [6.45, 7) is 3.38. The minimum absolute atomic E-state index is 0.404. The maximum absolute atomic E-state index is 5.48. The first-order chi connectivity index (χ1) is 11.6. The maximum atomic E-state index is 5.48. The minimum atomic E-state index is 0.404. The van der Waals surface area contributed by atoms with Crippen molar-refractivity contribution < 1.29 is 4.74 Å². The fourth-order valence-corrected chi connectivity index (χ4v) is 3.10. The smallest absolute Gasteiger partial charge is 0.132 e. The minimum Gasteiger partial charge on any atom is -0.381 e. The number of rotatable bonds is 6. The first-order valence-corrected chi connectivity index (χ1v) is 8.46. The maximum Gasteiger partial charge on any atom is 0.132 e. The van der Waals surface area contributed by atoms with Gasteiger partial charge in [0.05, 0.1) is 12.3 Å². The Morgan fingerprint density at radius 3 is 2.50 bits per heavy atom. The van der Waals surface area contributed by atoms with E-state index in [2.05, 4.69) is 71.2 Å². The third kappa shape index (κ3) is 4.10. The molecular formula is C19H26N4O. The fraction of sp³-hybridized carbons (Fsp3) is 0.474. The van der Waals surface area contributed by atoms with E-state index in [1.165, 1.54) is 11.1 Å². The molecule has 1 aliphatic rings. The molecule has 0 radical (unpaired) electrons. The normalized spacial score (nSPS) is 17.4. The number of aromatic nitrogens is 2. The summed E-state index contributed by atoms with van der Waals surface area (Å²) in [5.74, 6) is 1.37. The topological polar surface area (TPSA) is 41.5 Å². The number of hydrogen-bond donors (Lipinski definition) is 0. The Hall–Kier alpha value is -1.98. The van der Waals surface area contributed by atoms with Crippen molar-refractivity contribution in [1.82, 2.24) is 14.9 Å². The van der Waals surface area contributed by atoms with Crippen molar-refractivity contribution in [3.8, 4) is 0 Å². The van der Waals surface area contributed by atoms with Gasteiger partial charge in [0.15, 0.2) is 0 Å². The van der Waals surface area contributed by atoms with Crippen LogP contribution < -0.4 is 4.90 Å². The zero-order chi connectivity index (χ0) is 16.9. The third-order valence-corrected chi connectivity index (χ3v) is 4.43. The van der Waals surface area contributed by atoms with Gasteiger partial charge >= 0.3 is 0 Å². The monoisotopic (exact) mass is 326 g/mol. The van der Waals surface area contributed by atoms with Gasteiger partial charge in [-0.3, -0.25) is 0 Å². The molecule has 128 valence electrons. The first kappa shape index (κ1) is 16.9. The summed E-state index contributed by atoms with van der Waals surface area (Å²) in [7, 11) is 6.28. The van der Waals surface area contributed by atoms with E-state index in [1.54, 1.807) is 6.33 Å². The standard InChI is InChI=1S/C19H26N4O/c1-22(2)11-15-6-4-5-7-16(15)12-23(3)19-10-18(20-14-21-19)17-8-9-24-13-17/h4-7,10,14,17H,8-9,11-13H2,1-3H3/t17-/m1/s1. The van der Waals surface area contributed by atoms with Gasteiger partial charge in [-0.1, -0.05) is 24.3 Å². The molecule has 3 rings (SSSR count). The van der Waals surface area contributed by atoms with Gasteiger partial charge in [0, 0.05) is 38.7 Å². The lowest BCUT2D eigenvalue weighted by Gasteiger charge is -2.22. The molecule has 2 heterocycles. The van der Waals surface area contributed by atoms with Crippen molar-refractivity contribution in [2.75, 3.05) is 39.3 Å². The van der Waals surface area contributed by atoms with E-state index in [0.717, 1.165) is 44.2 Å². The van der Waals surface area contributed by atoms with Crippen LogP contribution in [0.5, 0.6) is 0 Å². The highest BCUT2D eigenvalue weighted by Crippen LogP contribution is 2.25. The summed E-state index contributed by atoms with van der Waals surface area (Å²) in [4.78, 5) is 13.3. The molecule has 5 heteroatoms. The van der Waals surface area contributed by atoms with Gasteiger partial charge < -0.3 is 14.5 Å². The lowest BCUT2D eigenvalue weighted by molar-refractivity contribution is 0.193. The van der Waals surface area contributed by atoms with E-state index >= 15 is 0 Å². The molecule has 1 atom stereocenters. The van der Waals surface area contributed by atoms with Crippen LogP contribution in [-0.4, -0.2) is 49.2 Å². The second kappa shape index (κ2) is 7.73. The molecule has 0 bridgehead atoms. The highest BCUT2D eigenvalue weighted by molar-refractivity contribution is 5.41. The van der Waals surface area contributed by atoms with Gasteiger partial charge in [0.2, 0.25) is 0 Å². The molecule has 1 aliphatic heterocycles. The van der Waals surface area contributed by atoms with Gasteiger partial charge in [0.1, 0.15) is 12.1 Å². The van der Waals surface area contributed by atoms with Crippen molar-refractivity contribution in [3.05, 3.63) is 53.5 Å². The number of anilines is 1. The SMILES string of the molecule is CN(C)Cc1ccccc1CN(C)c1cc([C@@H]2CCOC2)ncn1. The van der Waals surface area contributed by atoms with Crippen LogP contribution in [0.25, 0.3) is 0 Å². The second-order valence-electron chi connectivity index (χ2n) is 6.72. The van der Waals surface area contributed by atoms with E-state index in [1.807, 2.05) is 0 Å². The summed E-state index contributed by atoms with van der Waals surface area (Å²) in [5, 5.41) is 0. The summed E-state index contributed by atoms with van der Waals surface area (Å²) in [5.41, 5.74) is 3.77. The molecule has 2 aromatic rings. The predicted molar refractivity (Wildman–Crippen MR) is 96.1 cm³/mol. The van der Waals surface area contributed by atoms with Gasteiger partial charge in [0.25, 0.3) is 0 Å². The van der Waals surface area contributed by atoms with Crippen LogP contribution in [0, 0.1) is 0 Å². The van der Waals surface area contributed by atoms with Crippen molar-refractivity contribution in [3.63, 3.8) is 0 Å². The van der Waals surface area contributed by atoms with E-state index in [9.17, 15) is 0 Å². The number of hydrogen-bond acceptors (Lipinski definition) is 5. The van der Waals surface area contributed by atoms with Gasteiger partial charge in [-0.25, -0.2) is 9.97 Å². The second-order valence-corrected chi connectivity index (χ2v) is 6.72. The highest BCUT2D eigenvalue weighted by atomic mass is 16.5. The average molecular weight is 326 g/mol. The zero-order valence-corrected chi connectivity index (χ0v) is 14.8. The molecular weight excluding hydrogens is 300 g/mol. The predicted octanol–water partition coefficient (Wildman–Crippen LogP) is 2.68. The van der Waals surface area contributed by atoms with Crippen LogP contribution in [0.4, 0.5) is 5.82 Å². The molecule has 1 aromatic carbocycles. The Morgan fingerprint density at radius 2 is 1.83 bits per heavy atom. The Labute approximate surface area is 144 Å². The van der Waals surface area contributed by atoms with Crippen LogP contribution in [0.3, 0.4) is 0 Å². The first-order valence-electron chi connectivity index (χ1n) is 8.46. The molecule has 1 saturated heterocycles. The molecule has 1 fully saturated rings. The molecule has 0 amide bonds. The molecule has 0 spiro atoms. The Balaban J connectivity index is 1.75. The summed E-state index contributed by atoms with van der Waals surface area (Å²) in [6, 6.07) is 10.7. The van der Waals surface area contributed by atoms with Gasteiger partial charge in [-0.15, -0.1) is 0 Å². The molecule has 24 heavy (non-hydrogen) atoms. The van der Waals surface area contributed by atoms with Crippen LogP contribution in [-0.2, 0) is 17.8 Å². The summed E-state index contributed by atoms with van der Waals surface area (Å²) >= 11 is 0. The van der Waals surface area contributed by atoms with Crippen molar-refractivity contribution in [2.45, 2.75) is 25.4 Å². The van der Waals surface area contributed by atoms with Gasteiger partial charge in [-0.2, -0.15) is 0 Å². The summed E-state index contributed by atoms with van der Waals surface area (Å²) in [6.07, 6.45) is 2.72. The molecule has 5 nitrogen and oxygen atoms in total. The van der Waals surface area contributed by atoms with Crippen molar-refractivity contribution in [2.24, 2.45) is 0 Å². The molecule has 0 unspecified atom stereocenters. The Bertz CT molecular complexity index is 668. The molecule has 0 N–H and O–H groups in total. The Morgan fingerprint density at radius 1 is 1.08 bits per heavy atom. The van der Waals surface area contributed by atoms with E-state index in [4.69, 9.17) is 4.74 Å². The quantitative estimate of drug-likeness (QED) is 0.816. The van der Waals surface area contributed by atoms with Crippen molar-refractivity contribution in [1.29, 1.82) is 0 Å². The molecule has 1 aromatic heterocycles. The number of ether oxygens (including phenoxy) is 1. The number of nitrogens with zero attached hydrogens (tertiary/aromatic N) is 4. The van der Waals surface area contributed by atoms with E-state index in [-0.39, 0.29) is 0 Å². The lowest BCUT2D eigenvalue weighted by atomic mass is 10.0. The van der Waals surface area contributed by atoms with Crippen LogP contribution in [0.2, 0.25) is 0 Å². The summed E-state index contributed by atoms with van der Waals surface area (Å²) < 4.78 is 5.48. The highest BCUT2D eigenvalue weighted by Gasteiger charge is 2.20. The number of benzene rings is 1. The van der Waals surface area contributed by atoms with Crippen molar-refractivity contribution >= 4 is 5.82 Å². The molecule has 0 aliphatic carbocycles. The Kier molecular flexibility index (Phi) is 5.43. The van der Waals surface area contributed by atoms with E-state index < -0.39 is 0 Å².